The number of rotatable bonds is 5. The van der Waals surface area contributed by atoms with E-state index in [1.54, 1.807) is 14.2 Å². The molecule has 0 spiro atoms. The van der Waals surface area contributed by atoms with Crippen LogP contribution in [0, 0.1) is 13.8 Å². The van der Waals surface area contributed by atoms with E-state index in [1.165, 1.54) is 22.3 Å². The van der Waals surface area contributed by atoms with Crippen molar-refractivity contribution < 1.29 is 9.47 Å². The third-order valence-electron chi connectivity index (χ3n) is 5.18. The highest BCUT2D eigenvalue weighted by Gasteiger charge is 2.25. The molecule has 2 aromatic rings. The molecular formula is C22H30N2O2. The lowest BCUT2D eigenvalue weighted by Crippen LogP contribution is -2.33. The lowest BCUT2D eigenvalue weighted by Gasteiger charge is -2.32. The zero-order chi connectivity index (χ0) is 18.5. The lowest BCUT2D eigenvalue weighted by molar-refractivity contribution is 0.239. The number of nitrogens with zero attached hydrogens (tertiary/aromatic N) is 1. The Morgan fingerprint density at radius 3 is 2.46 bits per heavy atom. The minimum atomic E-state index is 0.218. The van der Waals surface area contributed by atoms with Gasteiger partial charge in [0.1, 0.15) is 0 Å². The molecule has 26 heavy (non-hydrogen) atoms. The third kappa shape index (κ3) is 4.02. The Morgan fingerprint density at radius 1 is 0.923 bits per heavy atom. The van der Waals surface area contributed by atoms with Crippen molar-refractivity contribution >= 4 is 0 Å². The van der Waals surface area contributed by atoms with Gasteiger partial charge in [-0.05, 0) is 55.6 Å². The van der Waals surface area contributed by atoms with Gasteiger partial charge in [0, 0.05) is 19.6 Å². The van der Waals surface area contributed by atoms with E-state index in [4.69, 9.17) is 9.47 Å². The van der Waals surface area contributed by atoms with Crippen molar-refractivity contribution in [3.05, 3.63) is 58.7 Å². The highest BCUT2D eigenvalue weighted by molar-refractivity contribution is 5.47. The molecule has 1 aliphatic heterocycles. The highest BCUT2D eigenvalue weighted by atomic mass is 16.5. The molecule has 0 bridgehead atoms. The summed E-state index contributed by atoms with van der Waals surface area (Å²) in [4.78, 5) is 2.58. The Labute approximate surface area is 157 Å². The summed E-state index contributed by atoms with van der Waals surface area (Å²) in [5.41, 5.74) is 5.25. The van der Waals surface area contributed by atoms with E-state index in [-0.39, 0.29) is 6.04 Å². The topological polar surface area (TPSA) is 33.7 Å². The van der Waals surface area contributed by atoms with Gasteiger partial charge in [0.25, 0.3) is 0 Å². The number of hydrogen-bond donors (Lipinski definition) is 1. The predicted molar refractivity (Wildman–Crippen MR) is 106 cm³/mol. The SMILES string of the molecule is COc1ccc(C(c2ccc(C)cc2C)N2CCCNCC2)cc1OC. The fourth-order valence-electron chi connectivity index (χ4n) is 3.87. The van der Waals surface area contributed by atoms with E-state index in [0.717, 1.165) is 44.1 Å². The lowest BCUT2D eigenvalue weighted by atomic mass is 9.92. The van der Waals surface area contributed by atoms with Gasteiger partial charge in [0.05, 0.1) is 20.3 Å². The van der Waals surface area contributed by atoms with Crippen LogP contribution in [0.15, 0.2) is 36.4 Å². The van der Waals surface area contributed by atoms with Crippen LogP contribution in [0.3, 0.4) is 0 Å². The van der Waals surface area contributed by atoms with Gasteiger partial charge >= 0.3 is 0 Å². The molecule has 1 unspecified atom stereocenters. The van der Waals surface area contributed by atoms with Gasteiger partial charge in [-0.3, -0.25) is 4.90 Å². The summed E-state index contributed by atoms with van der Waals surface area (Å²) in [6.45, 7) is 8.59. The van der Waals surface area contributed by atoms with Gasteiger partial charge in [0.15, 0.2) is 11.5 Å². The molecule has 0 aromatic heterocycles. The smallest absolute Gasteiger partial charge is 0.161 e. The average molecular weight is 354 g/mol. The molecular weight excluding hydrogens is 324 g/mol. The first-order chi connectivity index (χ1) is 12.6. The number of methoxy groups -OCH3 is 2. The molecule has 1 fully saturated rings. The maximum atomic E-state index is 5.57. The zero-order valence-corrected chi connectivity index (χ0v) is 16.3. The minimum Gasteiger partial charge on any atom is -0.493 e. The van der Waals surface area contributed by atoms with E-state index >= 15 is 0 Å². The number of benzene rings is 2. The molecule has 3 rings (SSSR count). The van der Waals surface area contributed by atoms with Crippen molar-refractivity contribution in [2.24, 2.45) is 0 Å². The first-order valence-electron chi connectivity index (χ1n) is 9.38. The monoisotopic (exact) mass is 354 g/mol. The quantitative estimate of drug-likeness (QED) is 0.888. The normalized spacial score (nSPS) is 16.8. The molecule has 4 nitrogen and oxygen atoms in total. The van der Waals surface area contributed by atoms with Crippen molar-refractivity contribution in [2.75, 3.05) is 40.4 Å². The van der Waals surface area contributed by atoms with Gasteiger partial charge < -0.3 is 14.8 Å². The van der Waals surface area contributed by atoms with Crippen LogP contribution in [0.4, 0.5) is 0 Å². The van der Waals surface area contributed by atoms with Crippen LogP contribution < -0.4 is 14.8 Å². The van der Waals surface area contributed by atoms with E-state index in [1.807, 2.05) is 6.07 Å². The van der Waals surface area contributed by atoms with Crippen molar-refractivity contribution in [2.45, 2.75) is 26.3 Å². The molecule has 2 aromatic carbocycles. The number of nitrogens with one attached hydrogen (secondary N) is 1. The Balaban J connectivity index is 2.07. The van der Waals surface area contributed by atoms with Crippen LogP contribution in [-0.2, 0) is 0 Å². The number of aryl methyl sites for hydroxylation is 2. The zero-order valence-electron chi connectivity index (χ0n) is 16.3. The largest absolute Gasteiger partial charge is 0.493 e. The number of ether oxygens (including phenoxy) is 2. The van der Waals surface area contributed by atoms with E-state index in [0.29, 0.717) is 0 Å². The summed E-state index contributed by atoms with van der Waals surface area (Å²) in [7, 11) is 3.38. The van der Waals surface area contributed by atoms with Crippen molar-refractivity contribution in [1.82, 2.24) is 10.2 Å². The molecule has 1 saturated heterocycles. The second-order valence-electron chi connectivity index (χ2n) is 7.02. The molecule has 1 aliphatic rings. The van der Waals surface area contributed by atoms with E-state index in [9.17, 15) is 0 Å². The van der Waals surface area contributed by atoms with Crippen LogP contribution in [0.2, 0.25) is 0 Å². The van der Waals surface area contributed by atoms with Gasteiger partial charge in [-0.15, -0.1) is 0 Å². The summed E-state index contributed by atoms with van der Waals surface area (Å²) in [5.74, 6) is 1.56. The van der Waals surface area contributed by atoms with Crippen LogP contribution in [0.1, 0.15) is 34.7 Å². The standard InChI is InChI=1S/C22H30N2O2/c1-16-6-8-19(17(2)14-16)22(24-12-5-10-23-11-13-24)18-7-9-20(25-3)21(15-18)26-4/h6-9,14-15,22-23H,5,10-13H2,1-4H3. The molecule has 0 saturated carbocycles. The Bertz CT molecular complexity index is 737. The molecule has 1 atom stereocenters. The second-order valence-corrected chi connectivity index (χ2v) is 7.02. The van der Waals surface area contributed by atoms with Gasteiger partial charge in [-0.25, -0.2) is 0 Å². The van der Waals surface area contributed by atoms with E-state index in [2.05, 4.69) is 54.4 Å². The summed E-state index contributed by atoms with van der Waals surface area (Å²) in [5, 5.41) is 3.51. The van der Waals surface area contributed by atoms with Crippen molar-refractivity contribution in [3.8, 4) is 11.5 Å². The molecule has 4 heteroatoms. The minimum absolute atomic E-state index is 0.218. The Hall–Kier alpha value is -2.04. The second kappa shape index (κ2) is 8.56. The Morgan fingerprint density at radius 2 is 1.73 bits per heavy atom. The van der Waals surface area contributed by atoms with E-state index < -0.39 is 0 Å². The van der Waals surface area contributed by atoms with Gasteiger partial charge in [-0.1, -0.05) is 29.8 Å². The maximum Gasteiger partial charge on any atom is 0.161 e. The molecule has 1 N–H and O–H groups in total. The summed E-state index contributed by atoms with van der Waals surface area (Å²) in [6, 6.07) is 13.3. The summed E-state index contributed by atoms with van der Waals surface area (Å²) in [6.07, 6.45) is 1.16. The first kappa shape index (κ1) is 18.7. The first-order valence-corrected chi connectivity index (χ1v) is 9.38. The molecule has 0 amide bonds. The van der Waals surface area contributed by atoms with Crippen LogP contribution in [-0.4, -0.2) is 45.3 Å². The summed E-state index contributed by atoms with van der Waals surface area (Å²) >= 11 is 0. The fraction of sp³-hybridized carbons (Fsp3) is 0.455. The van der Waals surface area contributed by atoms with Gasteiger partial charge in [0.2, 0.25) is 0 Å². The average Bonchev–Trinajstić information content (AvgIpc) is 2.93. The van der Waals surface area contributed by atoms with Crippen LogP contribution in [0.5, 0.6) is 11.5 Å². The summed E-state index contributed by atoms with van der Waals surface area (Å²) < 4.78 is 11.0. The van der Waals surface area contributed by atoms with Crippen LogP contribution in [0.25, 0.3) is 0 Å². The third-order valence-corrected chi connectivity index (χ3v) is 5.18. The van der Waals surface area contributed by atoms with Crippen molar-refractivity contribution in [1.29, 1.82) is 0 Å². The maximum absolute atomic E-state index is 5.57. The number of hydrogen-bond acceptors (Lipinski definition) is 4. The molecule has 1 heterocycles. The van der Waals surface area contributed by atoms with Gasteiger partial charge in [-0.2, -0.15) is 0 Å². The molecule has 140 valence electrons. The van der Waals surface area contributed by atoms with Crippen molar-refractivity contribution in [3.63, 3.8) is 0 Å². The molecule has 0 aliphatic carbocycles. The highest BCUT2D eigenvalue weighted by Crippen LogP contribution is 2.36. The predicted octanol–water partition coefficient (Wildman–Crippen LogP) is 3.71. The molecule has 0 radical (unpaired) electrons. The van der Waals surface area contributed by atoms with Crippen LogP contribution >= 0.6 is 0 Å². The Kier molecular flexibility index (Phi) is 6.17. The fourth-order valence-corrected chi connectivity index (χ4v) is 3.87.